The molecule has 0 spiro atoms. The van der Waals surface area contributed by atoms with Crippen LogP contribution in [-0.4, -0.2) is 18.8 Å². The molecule has 0 radical (unpaired) electrons. The third-order valence-corrected chi connectivity index (χ3v) is 1.89. The Balaban J connectivity index is 2.68. The highest BCUT2D eigenvalue weighted by molar-refractivity contribution is 5.39. The lowest BCUT2D eigenvalue weighted by Crippen LogP contribution is -2.12. The number of hydrogen-bond donors (Lipinski definition) is 2. The SMILES string of the molecule is C=CCNCc1cc(OC)ccc1O. The molecule has 0 unspecified atom stereocenters. The fourth-order valence-electron chi connectivity index (χ4n) is 1.14. The van der Waals surface area contributed by atoms with Gasteiger partial charge in [0.05, 0.1) is 7.11 Å². The Morgan fingerprint density at radius 3 is 3.00 bits per heavy atom. The van der Waals surface area contributed by atoms with Crippen molar-refractivity contribution >= 4 is 0 Å². The normalized spacial score (nSPS) is 9.79. The number of aromatic hydroxyl groups is 1. The summed E-state index contributed by atoms with van der Waals surface area (Å²) in [5.41, 5.74) is 0.825. The van der Waals surface area contributed by atoms with Crippen molar-refractivity contribution in [3.05, 3.63) is 36.4 Å². The largest absolute Gasteiger partial charge is 0.508 e. The van der Waals surface area contributed by atoms with Crippen molar-refractivity contribution < 1.29 is 9.84 Å². The summed E-state index contributed by atoms with van der Waals surface area (Å²) >= 11 is 0. The lowest BCUT2D eigenvalue weighted by atomic mass is 10.2. The Bertz CT molecular complexity index is 310. The first-order valence-electron chi connectivity index (χ1n) is 4.45. The van der Waals surface area contributed by atoms with Crippen LogP contribution in [0, 0.1) is 0 Å². The van der Waals surface area contributed by atoms with Gasteiger partial charge in [0.15, 0.2) is 0 Å². The van der Waals surface area contributed by atoms with E-state index in [2.05, 4.69) is 11.9 Å². The van der Waals surface area contributed by atoms with Gasteiger partial charge in [-0.05, 0) is 18.2 Å². The molecule has 0 aliphatic carbocycles. The minimum atomic E-state index is 0.280. The third kappa shape index (κ3) is 2.78. The van der Waals surface area contributed by atoms with E-state index in [-0.39, 0.29) is 5.75 Å². The second-order valence-electron chi connectivity index (χ2n) is 2.91. The molecule has 0 aromatic heterocycles. The average Bonchev–Trinajstić information content (AvgIpc) is 2.21. The number of nitrogens with one attached hydrogen (secondary N) is 1. The minimum Gasteiger partial charge on any atom is -0.508 e. The van der Waals surface area contributed by atoms with E-state index < -0.39 is 0 Å². The molecular weight excluding hydrogens is 178 g/mol. The van der Waals surface area contributed by atoms with E-state index in [1.807, 2.05) is 6.07 Å². The molecule has 0 saturated heterocycles. The number of hydrogen-bond acceptors (Lipinski definition) is 3. The van der Waals surface area contributed by atoms with Gasteiger partial charge in [-0.2, -0.15) is 0 Å². The molecule has 2 N–H and O–H groups in total. The van der Waals surface area contributed by atoms with Crippen LogP contribution >= 0.6 is 0 Å². The maximum absolute atomic E-state index is 9.51. The number of phenolic OH excluding ortho intramolecular Hbond substituents is 1. The van der Waals surface area contributed by atoms with E-state index in [0.717, 1.165) is 17.9 Å². The second-order valence-corrected chi connectivity index (χ2v) is 2.91. The predicted molar refractivity (Wildman–Crippen MR) is 56.6 cm³/mol. The van der Waals surface area contributed by atoms with Crippen LogP contribution in [0.2, 0.25) is 0 Å². The van der Waals surface area contributed by atoms with Crippen LogP contribution < -0.4 is 10.1 Å². The van der Waals surface area contributed by atoms with Crippen LogP contribution in [-0.2, 0) is 6.54 Å². The molecule has 76 valence electrons. The van der Waals surface area contributed by atoms with Crippen LogP contribution in [0.25, 0.3) is 0 Å². The van der Waals surface area contributed by atoms with Crippen molar-refractivity contribution in [3.8, 4) is 11.5 Å². The summed E-state index contributed by atoms with van der Waals surface area (Å²) in [6.07, 6.45) is 1.78. The Labute approximate surface area is 84.0 Å². The van der Waals surface area contributed by atoms with Crippen LogP contribution in [0.4, 0.5) is 0 Å². The maximum atomic E-state index is 9.51. The van der Waals surface area contributed by atoms with Gasteiger partial charge in [0.2, 0.25) is 0 Å². The first-order valence-corrected chi connectivity index (χ1v) is 4.45. The summed E-state index contributed by atoms with van der Waals surface area (Å²) in [6, 6.07) is 5.17. The van der Waals surface area contributed by atoms with Gasteiger partial charge < -0.3 is 15.2 Å². The molecule has 0 heterocycles. The number of methoxy groups -OCH3 is 1. The molecule has 0 bridgehead atoms. The van der Waals surface area contributed by atoms with Crippen molar-refractivity contribution in [2.75, 3.05) is 13.7 Å². The molecule has 0 saturated carbocycles. The molecule has 14 heavy (non-hydrogen) atoms. The summed E-state index contributed by atoms with van der Waals surface area (Å²) in [5.74, 6) is 1.03. The van der Waals surface area contributed by atoms with Crippen LogP contribution in [0.1, 0.15) is 5.56 Å². The summed E-state index contributed by atoms with van der Waals surface area (Å²) in [5, 5.41) is 12.6. The second kappa shape index (κ2) is 5.29. The highest BCUT2D eigenvalue weighted by atomic mass is 16.5. The van der Waals surface area contributed by atoms with Crippen molar-refractivity contribution in [1.82, 2.24) is 5.32 Å². The zero-order chi connectivity index (χ0) is 10.4. The molecule has 0 aliphatic heterocycles. The number of ether oxygens (including phenoxy) is 1. The van der Waals surface area contributed by atoms with Gasteiger partial charge in [-0.15, -0.1) is 6.58 Å². The number of rotatable bonds is 5. The van der Waals surface area contributed by atoms with E-state index in [4.69, 9.17) is 4.74 Å². The minimum absolute atomic E-state index is 0.280. The van der Waals surface area contributed by atoms with Crippen LogP contribution in [0.3, 0.4) is 0 Å². The molecule has 1 aromatic rings. The fourth-order valence-corrected chi connectivity index (χ4v) is 1.14. The number of benzene rings is 1. The molecule has 0 atom stereocenters. The zero-order valence-corrected chi connectivity index (χ0v) is 8.29. The molecule has 3 heteroatoms. The molecule has 0 amide bonds. The van der Waals surface area contributed by atoms with E-state index in [1.54, 1.807) is 25.3 Å². The van der Waals surface area contributed by atoms with E-state index in [9.17, 15) is 5.11 Å². The standard InChI is InChI=1S/C11H15NO2/c1-3-6-12-8-9-7-10(14-2)4-5-11(9)13/h3-5,7,12-13H,1,6,8H2,2H3. The smallest absolute Gasteiger partial charge is 0.120 e. The lowest BCUT2D eigenvalue weighted by Gasteiger charge is -2.07. The topological polar surface area (TPSA) is 41.5 Å². The molecular formula is C11H15NO2. The molecule has 0 fully saturated rings. The van der Waals surface area contributed by atoms with Gasteiger partial charge in [-0.25, -0.2) is 0 Å². The maximum Gasteiger partial charge on any atom is 0.120 e. The van der Waals surface area contributed by atoms with Gasteiger partial charge in [0.25, 0.3) is 0 Å². The molecule has 1 aromatic carbocycles. The third-order valence-electron chi connectivity index (χ3n) is 1.89. The summed E-state index contributed by atoms with van der Waals surface area (Å²) in [4.78, 5) is 0. The Morgan fingerprint density at radius 2 is 2.36 bits per heavy atom. The summed E-state index contributed by atoms with van der Waals surface area (Å²) in [6.45, 7) is 4.92. The van der Waals surface area contributed by atoms with Crippen LogP contribution in [0.5, 0.6) is 11.5 Å². The van der Waals surface area contributed by atoms with Gasteiger partial charge in [-0.3, -0.25) is 0 Å². The van der Waals surface area contributed by atoms with Crippen molar-refractivity contribution in [3.63, 3.8) is 0 Å². The molecule has 0 aliphatic rings. The first kappa shape index (κ1) is 10.6. The monoisotopic (exact) mass is 193 g/mol. The van der Waals surface area contributed by atoms with Gasteiger partial charge in [-0.1, -0.05) is 6.08 Å². The zero-order valence-electron chi connectivity index (χ0n) is 8.29. The van der Waals surface area contributed by atoms with Crippen molar-refractivity contribution in [1.29, 1.82) is 0 Å². The van der Waals surface area contributed by atoms with E-state index >= 15 is 0 Å². The number of phenols is 1. The Kier molecular flexibility index (Phi) is 4.01. The van der Waals surface area contributed by atoms with Gasteiger partial charge in [0, 0.05) is 18.7 Å². The summed E-state index contributed by atoms with van der Waals surface area (Å²) < 4.78 is 5.06. The molecule has 3 nitrogen and oxygen atoms in total. The van der Waals surface area contributed by atoms with Gasteiger partial charge >= 0.3 is 0 Å². The summed E-state index contributed by atoms with van der Waals surface area (Å²) in [7, 11) is 1.60. The van der Waals surface area contributed by atoms with Gasteiger partial charge in [0.1, 0.15) is 11.5 Å². The van der Waals surface area contributed by atoms with Crippen molar-refractivity contribution in [2.24, 2.45) is 0 Å². The first-order chi connectivity index (χ1) is 6.77. The molecule has 1 rings (SSSR count). The highest BCUT2D eigenvalue weighted by Gasteiger charge is 2.01. The van der Waals surface area contributed by atoms with E-state index in [0.29, 0.717) is 6.54 Å². The highest BCUT2D eigenvalue weighted by Crippen LogP contribution is 2.22. The quantitative estimate of drug-likeness (QED) is 0.552. The lowest BCUT2D eigenvalue weighted by molar-refractivity contribution is 0.410. The predicted octanol–water partition coefficient (Wildman–Crippen LogP) is 1.68. The van der Waals surface area contributed by atoms with E-state index in [1.165, 1.54) is 0 Å². The average molecular weight is 193 g/mol. The van der Waals surface area contributed by atoms with Crippen molar-refractivity contribution in [2.45, 2.75) is 6.54 Å². The Morgan fingerprint density at radius 1 is 1.57 bits per heavy atom. The van der Waals surface area contributed by atoms with Crippen LogP contribution in [0.15, 0.2) is 30.9 Å². The Hall–Kier alpha value is -1.48. The fraction of sp³-hybridized carbons (Fsp3) is 0.273.